The van der Waals surface area contributed by atoms with Gasteiger partial charge in [0.2, 0.25) is 0 Å². The maximum absolute atomic E-state index is 13.5. The lowest BCUT2D eigenvalue weighted by molar-refractivity contribution is 0.607. The van der Waals surface area contributed by atoms with Crippen LogP contribution in [0.3, 0.4) is 0 Å². The molecule has 0 fully saturated rings. The highest BCUT2D eigenvalue weighted by molar-refractivity contribution is 7.09. The van der Waals surface area contributed by atoms with Gasteiger partial charge in [0.15, 0.2) is 0 Å². The first-order chi connectivity index (χ1) is 9.58. The van der Waals surface area contributed by atoms with Gasteiger partial charge >= 0.3 is 0 Å². The third-order valence-corrected chi connectivity index (χ3v) is 4.37. The maximum atomic E-state index is 13.5. The summed E-state index contributed by atoms with van der Waals surface area (Å²) >= 11 is 7.80. The summed E-state index contributed by atoms with van der Waals surface area (Å²) in [6.07, 6.45) is 1.76. The van der Waals surface area contributed by atoms with Crippen LogP contribution >= 0.6 is 22.9 Å². The third-order valence-electron chi connectivity index (χ3n) is 3.23. The SMILES string of the molecule is CC(Cl)c1nc2ccc(F)cc2n1C(C)c1nccs1. The van der Waals surface area contributed by atoms with Crippen LogP contribution in [-0.2, 0) is 0 Å². The van der Waals surface area contributed by atoms with Gasteiger partial charge in [-0.25, -0.2) is 14.4 Å². The van der Waals surface area contributed by atoms with Crippen LogP contribution in [0.5, 0.6) is 0 Å². The van der Waals surface area contributed by atoms with Crippen LogP contribution in [0.2, 0.25) is 0 Å². The Labute approximate surface area is 125 Å². The lowest BCUT2D eigenvalue weighted by Crippen LogP contribution is -2.11. The van der Waals surface area contributed by atoms with E-state index in [1.807, 2.05) is 23.8 Å². The molecule has 0 saturated heterocycles. The van der Waals surface area contributed by atoms with Crippen LogP contribution in [0.4, 0.5) is 4.39 Å². The Balaban J connectivity index is 2.25. The Morgan fingerprint density at radius 2 is 2.15 bits per heavy atom. The molecule has 3 aromatic rings. The number of hydrogen-bond donors (Lipinski definition) is 0. The number of imidazole rings is 1. The highest BCUT2D eigenvalue weighted by Gasteiger charge is 2.21. The number of hydrogen-bond acceptors (Lipinski definition) is 3. The first kappa shape index (κ1) is 13.5. The summed E-state index contributed by atoms with van der Waals surface area (Å²) in [6.45, 7) is 3.89. The molecule has 0 aliphatic carbocycles. The van der Waals surface area contributed by atoms with Gasteiger partial charge in [-0.15, -0.1) is 22.9 Å². The first-order valence-electron chi connectivity index (χ1n) is 6.28. The monoisotopic (exact) mass is 309 g/mol. The summed E-state index contributed by atoms with van der Waals surface area (Å²) in [5.74, 6) is 0.453. The number of benzene rings is 1. The minimum Gasteiger partial charge on any atom is -0.317 e. The molecule has 0 N–H and O–H groups in total. The summed E-state index contributed by atoms with van der Waals surface area (Å²) in [5, 5.41) is 2.62. The van der Waals surface area contributed by atoms with E-state index in [9.17, 15) is 4.39 Å². The summed E-state index contributed by atoms with van der Waals surface area (Å²) in [6, 6.07) is 4.56. The molecule has 0 amide bonds. The van der Waals surface area contributed by atoms with Crippen LogP contribution < -0.4 is 0 Å². The minimum absolute atomic E-state index is 0.0296. The zero-order chi connectivity index (χ0) is 14.3. The standard InChI is InChI=1S/C14H13ClFN3S/c1-8(15)13-18-11-4-3-10(16)7-12(11)19(13)9(2)14-17-5-6-20-14/h3-9H,1-2H3. The quantitative estimate of drug-likeness (QED) is 0.665. The zero-order valence-electron chi connectivity index (χ0n) is 11.0. The molecule has 3 nitrogen and oxygen atoms in total. The smallest absolute Gasteiger partial charge is 0.128 e. The fraction of sp³-hybridized carbons (Fsp3) is 0.286. The lowest BCUT2D eigenvalue weighted by Gasteiger charge is -2.16. The molecule has 0 aliphatic heterocycles. The molecular weight excluding hydrogens is 297 g/mol. The number of alkyl halides is 1. The Kier molecular flexibility index (Phi) is 3.48. The lowest BCUT2D eigenvalue weighted by atomic mass is 10.2. The molecule has 2 unspecified atom stereocenters. The van der Waals surface area contributed by atoms with Gasteiger partial charge in [-0.2, -0.15) is 0 Å². The normalized spacial score (nSPS) is 14.6. The van der Waals surface area contributed by atoms with Gasteiger partial charge in [-0.1, -0.05) is 0 Å². The topological polar surface area (TPSA) is 30.7 Å². The third kappa shape index (κ3) is 2.21. The van der Waals surface area contributed by atoms with Crippen LogP contribution in [0.25, 0.3) is 11.0 Å². The van der Waals surface area contributed by atoms with Crippen LogP contribution in [0.15, 0.2) is 29.8 Å². The number of thiazole rings is 1. The molecular formula is C14H13ClFN3S. The molecule has 2 heterocycles. The molecule has 1 aromatic carbocycles. The summed E-state index contributed by atoms with van der Waals surface area (Å²) < 4.78 is 15.5. The van der Waals surface area contributed by atoms with Gasteiger partial charge in [-0.05, 0) is 32.0 Å². The Morgan fingerprint density at radius 3 is 2.80 bits per heavy atom. The van der Waals surface area contributed by atoms with Gasteiger partial charge in [-0.3, -0.25) is 0 Å². The molecule has 2 aromatic heterocycles. The molecule has 0 saturated carbocycles. The van der Waals surface area contributed by atoms with Crippen LogP contribution in [0, 0.1) is 5.82 Å². The van der Waals surface area contributed by atoms with E-state index in [1.54, 1.807) is 23.6 Å². The van der Waals surface area contributed by atoms with E-state index in [0.29, 0.717) is 0 Å². The molecule has 20 heavy (non-hydrogen) atoms. The van der Waals surface area contributed by atoms with E-state index in [4.69, 9.17) is 11.6 Å². The van der Waals surface area contributed by atoms with Crippen LogP contribution in [0.1, 0.15) is 36.1 Å². The number of rotatable bonds is 3. The fourth-order valence-electron chi connectivity index (χ4n) is 2.32. The van der Waals surface area contributed by atoms with Crippen molar-refractivity contribution in [2.75, 3.05) is 0 Å². The minimum atomic E-state index is -0.279. The Bertz CT molecular complexity index is 736. The van der Waals surface area contributed by atoms with Crippen molar-refractivity contribution < 1.29 is 4.39 Å². The van der Waals surface area contributed by atoms with Gasteiger partial charge in [0, 0.05) is 11.6 Å². The molecule has 0 radical (unpaired) electrons. The number of fused-ring (bicyclic) bond motifs is 1. The highest BCUT2D eigenvalue weighted by Crippen LogP contribution is 2.31. The van der Waals surface area contributed by atoms with E-state index >= 15 is 0 Å². The van der Waals surface area contributed by atoms with Crippen molar-refractivity contribution in [1.29, 1.82) is 0 Å². The van der Waals surface area contributed by atoms with E-state index in [-0.39, 0.29) is 17.2 Å². The first-order valence-corrected chi connectivity index (χ1v) is 7.60. The van der Waals surface area contributed by atoms with Crippen molar-refractivity contribution in [1.82, 2.24) is 14.5 Å². The number of aromatic nitrogens is 3. The predicted octanol–water partition coefficient (Wildman–Crippen LogP) is 4.54. The largest absolute Gasteiger partial charge is 0.317 e. The van der Waals surface area contributed by atoms with Gasteiger partial charge in [0.25, 0.3) is 0 Å². The van der Waals surface area contributed by atoms with Crippen molar-refractivity contribution in [3.63, 3.8) is 0 Å². The van der Waals surface area contributed by atoms with Crippen LogP contribution in [-0.4, -0.2) is 14.5 Å². The number of nitrogens with zero attached hydrogens (tertiary/aromatic N) is 3. The van der Waals surface area contributed by atoms with Gasteiger partial charge in [0.1, 0.15) is 16.6 Å². The highest BCUT2D eigenvalue weighted by atomic mass is 35.5. The van der Waals surface area contributed by atoms with E-state index < -0.39 is 0 Å². The average molecular weight is 310 g/mol. The summed E-state index contributed by atoms with van der Waals surface area (Å²) in [7, 11) is 0. The Hall–Kier alpha value is -1.46. The maximum Gasteiger partial charge on any atom is 0.128 e. The zero-order valence-corrected chi connectivity index (χ0v) is 12.6. The van der Waals surface area contributed by atoms with Crippen molar-refractivity contribution in [3.8, 4) is 0 Å². The fourth-order valence-corrected chi connectivity index (χ4v) is 3.16. The van der Waals surface area contributed by atoms with Crippen molar-refractivity contribution in [2.24, 2.45) is 0 Å². The van der Waals surface area contributed by atoms with Gasteiger partial charge in [0.05, 0.1) is 22.5 Å². The van der Waals surface area contributed by atoms with Crippen molar-refractivity contribution in [2.45, 2.75) is 25.3 Å². The molecule has 0 spiro atoms. The second-order valence-corrected chi connectivity index (χ2v) is 6.22. The van der Waals surface area contributed by atoms with E-state index in [1.165, 1.54) is 12.1 Å². The molecule has 0 aliphatic rings. The van der Waals surface area contributed by atoms with E-state index in [0.717, 1.165) is 21.9 Å². The molecule has 3 rings (SSSR count). The Morgan fingerprint density at radius 1 is 1.35 bits per heavy atom. The van der Waals surface area contributed by atoms with Gasteiger partial charge < -0.3 is 4.57 Å². The van der Waals surface area contributed by atoms with Crippen molar-refractivity contribution >= 4 is 34.0 Å². The second-order valence-electron chi connectivity index (χ2n) is 4.64. The average Bonchev–Trinajstić information content (AvgIpc) is 3.04. The number of halogens is 2. The molecule has 0 bridgehead atoms. The summed E-state index contributed by atoms with van der Waals surface area (Å²) in [4.78, 5) is 8.86. The molecule has 104 valence electrons. The predicted molar refractivity (Wildman–Crippen MR) is 79.9 cm³/mol. The van der Waals surface area contributed by atoms with E-state index in [2.05, 4.69) is 9.97 Å². The molecule has 6 heteroatoms. The summed E-state index contributed by atoms with van der Waals surface area (Å²) in [5.41, 5.74) is 1.49. The molecule has 2 atom stereocenters. The van der Waals surface area contributed by atoms with Crippen molar-refractivity contribution in [3.05, 3.63) is 46.4 Å². The second kappa shape index (κ2) is 5.14.